The van der Waals surface area contributed by atoms with E-state index in [0.717, 1.165) is 15.4 Å². The fourth-order valence-corrected chi connectivity index (χ4v) is 2.76. The number of carboxylic acids is 1. The van der Waals surface area contributed by atoms with Crippen LogP contribution in [0.3, 0.4) is 0 Å². The molecule has 0 unspecified atom stereocenters. The minimum absolute atomic E-state index is 0.187. The third-order valence-electron chi connectivity index (χ3n) is 3.37. The van der Waals surface area contributed by atoms with Crippen LogP contribution in [0.4, 0.5) is 4.39 Å². The second-order valence-electron chi connectivity index (χ2n) is 4.72. The molecule has 5 heteroatoms. The lowest BCUT2D eigenvalue weighted by Gasteiger charge is -2.10. The van der Waals surface area contributed by atoms with Crippen LogP contribution in [0.5, 0.6) is 0 Å². The topological polar surface area (TPSA) is 42.2 Å². The summed E-state index contributed by atoms with van der Waals surface area (Å²) in [7, 11) is 0. The highest BCUT2D eigenvalue weighted by atomic mass is 79.9. The summed E-state index contributed by atoms with van der Waals surface area (Å²) in [4.78, 5) is 11.4. The summed E-state index contributed by atoms with van der Waals surface area (Å²) in [5, 5.41) is 10.2. The summed E-state index contributed by atoms with van der Waals surface area (Å²) in [6, 6.07) is 13.4. The van der Waals surface area contributed by atoms with Crippen LogP contribution in [-0.4, -0.2) is 15.6 Å². The van der Waals surface area contributed by atoms with E-state index in [9.17, 15) is 14.3 Å². The van der Waals surface area contributed by atoms with Gasteiger partial charge in [-0.25, -0.2) is 9.18 Å². The molecule has 0 bridgehead atoms. The van der Waals surface area contributed by atoms with Crippen molar-refractivity contribution in [1.29, 1.82) is 0 Å². The molecule has 1 aromatic heterocycles. The van der Waals surface area contributed by atoms with Crippen molar-refractivity contribution in [3.05, 3.63) is 70.1 Å². The Balaban J connectivity index is 2.17. The van der Waals surface area contributed by atoms with Crippen molar-refractivity contribution < 1.29 is 14.3 Å². The van der Waals surface area contributed by atoms with Crippen molar-refractivity contribution in [1.82, 2.24) is 4.57 Å². The molecule has 0 saturated carbocycles. The number of aromatic carboxylic acids is 1. The molecular formula is C16H11BrFNO2. The molecule has 106 valence electrons. The molecule has 0 aliphatic carbocycles. The summed E-state index contributed by atoms with van der Waals surface area (Å²) in [6.45, 7) is 0.285. The Morgan fingerprint density at radius 2 is 1.95 bits per heavy atom. The van der Waals surface area contributed by atoms with Gasteiger partial charge in [-0.3, -0.25) is 0 Å². The fourth-order valence-electron chi connectivity index (χ4n) is 2.39. The highest BCUT2D eigenvalue weighted by Gasteiger charge is 2.15. The smallest absolute Gasteiger partial charge is 0.352 e. The molecule has 0 spiro atoms. The number of hydrogen-bond donors (Lipinski definition) is 1. The van der Waals surface area contributed by atoms with Crippen LogP contribution in [0.2, 0.25) is 0 Å². The Bertz CT molecular complexity index is 841. The van der Waals surface area contributed by atoms with Gasteiger partial charge in [0.1, 0.15) is 11.5 Å². The number of carboxylic acid groups (broad SMARTS) is 1. The van der Waals surface area contributed by atoms with Gasteiger partial charge in [-0.2, -0.15) is 0 Å². The first-order valence-electron chi connectivity index (χ1n) is 6.32. The van der Waals surface area contributed by atoms with Crippen LogP contribution in [-0.2, 0) is 6.54 Å². The molecule has 2 aromatic carbocycles. The van der Waals surface area contributed by atoms with Crippen LogP contribution in [0.15, 0.2) is 53.0 Å². The molecule has 21 heavy (non-hydrogen) atoms. The van der Waals surface area contributed by atoms with Crippen molar-refractivity contribution in [2.24, 2.45) is 0 Å². The van der Waals surface area contributed by atoms with Gasteiger partial charge in [0.05, 0.1) is 0 Å². The predicted octanol–water partition coefficient (Wildman–Crippen LogP) is 4.29. The molecule has 1 N–H and O–H groups in total. The lowest BCUT2D eigenvalue weighted by molar-refractivity contribution is 0.0686. The van der Waals surface area contributed by atoms with Gasteiger partial charge in [-0.15, -0.1) is 0 Å². The van der Waals surface area contributed by atoms with Crippen LogP contribution < -0.4 is 0 Å². The highest BCUT2D eigenvalue weighted by molar-refractivity contribution is 9.10. The van der Waals surface area contributed by atoms with Gasteiger partial charge in [0.15, 0.2) is 0 Å². The monoisotopic (exact) mass is 347 g/mol. The third-order valence-corrected chi connectivity index (χ3v) is 4.14. The zero-order valence-electron chi connectivity index (χ0n) is 10.9. The molecule has 0 radical (unpaired) electrons. The number of aromatic nitrogens is 1. The number of benzene rings is 2. The SMILES string of the molecule is O=C(O)c1cc2ccccc2n1Cc1cc(F)ccc1Br. The summed E-state index contributed by atoms with van der Waals surface area (Å²) in [6.07, 6.45) is 0. The first-order chi connectivity index (χ1) is 10.1. The van der Waals surface area contributed by atoms with Crippen molar-refractivity contribution in [3.8, 4) is 0 Å². The van der Waals surface area contributed by atoms with E-state index >= 15 is 0 Å². The molecule has 0 fully saturated rings. The summed E-state index contributed by atoms with van der Waals surface area (Å²) < 4.78 is 15.8. The van der Waals surface area contributed by atoms with Gasteiger partial charge in [-0.05, 0) is 35.9 Å². The maximum absolute atomic E-state index is 13.4. The van der Waals surface area contributed by atoms with Crippen molar-refractivity contribution in [3.63, 3.8) is 0 Å². The van der Waals surface area contributed by atoms with E-state index < -0.39 is 5.97 Å². The molecular weight excluding hydrogens is 337 g/mol. The van der Waals surface area contributed by atoms with Gasteiger partial charge in [0.2, 0.25) is 0 Å². The molecule has 0 amide bonds. The molecule has 3 aromatic rings. The minimum Gasteiger partial charge on any atom is -0.477 e. The number of nitrogens with zero attached hydrogens (tertiary/aromatic N) is 1. The average Bonchev–Trinajstić information content (AvgIpc) is 2.82. The zero-order chi connectivity index (χ0) is 15.0. The second kappa shape index (κ2) is 5.33. The summed E-state index contributed by atoms with van der Waals surface area (Å²) in [5.74, 6) is -1.35. The van der Waals surface area contributed by atoms with Crippen molar-refractivity contribution in [2.45, 2.75) is 6.54 Å². The number of hydrogen-bond acceptors (Lipinski definition) is 1. The number of carbonyl (C=O) groups is 1. The maximum Gasteiger partial charge on any atom is 0.352 e. The predicted molar refractivity (Wildman–Crippen MR) is 82.1 cm³/mol. The zero-order valence-corrected chi connectivity index (χ0v) is 12.5. The largest absolute Gasteiger partial charge is 0.477 e. The maximum atomic E-state index is 13.4. The highest BCUT2D eigenvalue weighted by Crippen LogP contribution is 2.24. The third kappa shape index (κ3) is 2.56. The van der Waals surface area contributed by atoms with Crippen LogP contribution in [0.25, 0.3) is 10.9 Å². The van der Waals surface area contributed by atoms with E-state index in [4.69, 9.17) is 0 Å². The van der Waals surface area contributed by atoms with Gasteiger partial charge >= 0.3 is 5.97 Å². The van der Waals surface area contributed by atoms with Gasteiger partial charge in [-0.1, -0.05) is 34.1 Å². The van der Waals surface area contributed by atoms with Gasteiger partial charge in [0, 0.05) is 21.9 Å². The standard InChI is InChI=1S/C16H11BrFNO2/c17-13-6-5-12(18)7-11(13)9-19-14-4-2-1-3-10(14)8-15(19)16(20)21/h1-8H,9H2,(H,20,21). The summed E-state index contributed by atoms with van der Waals surface area (Å²) in [5.41, 5.74) is 1.69. The fraction of sp³-hybridized carbons (Fsp3) is 0.0625. The van der Waals surface area contributed by atoms with Crippen molar-refractivity contribution in [2.75, 3.05) is 0 Å². The molecule has 1 heterocycles. The second-order valence-corrected chi connectivity index (χ2v) is 5.57. The number of fused-ring (bicyclic) bond motifs is 1. The van der Waals surface area contributed by atoms with Gasteiger partial charge < -0.3 is 9.67 Å². The Hall–Kier alpha value is -2.14. The Morgan fingerprint density at radius 3 is 2.71 bits per heavy atom. The van der Waals surface area contributed by atoms with Crippen LogP contribution in [0, 0.1) is 5.82 Å². The minimum atomic E-state index is -1.00. The van der Waals surface area contributed by atoms with Gasteiger partial charge in [0.25, 0.3) is 0 Å². The van der Waals surface area contributed by atoms with E-state index in [1.54, 1.807) is 16.7 Å². The van der Waals surface area contributed by atoms with E-state index in [0.29, 0.717) is 5.56 Å². The van der Waals surface area contributed by atoms with Crippen LogP contribution in [0.1, 0.15) is 16.1 Å². The molecule has 3 rings (SSSR count). The first kappa shape index (κ1) is 13.8. The number of para-hydroxylation sites is 1. The van der Waals surface area contributed by atoms with Crippen LogP contribution >= 0.6 is 15.9 Å². The molecule has 0 aliphatic heterocycles. The average molecular weight is 348 g/mol. The molecule has 3 nitrogen and oxygen atoms in total. The molecule has 0 aliphatic rings. The summed E-state index contributed by atoms with van der Waals surface area (Å²) >= 11 is 3.37. The number of halogens is 2. The number of rotatable bonds is 3. The first-order valence-corrected chi connectivity index (χ1v) is 7.11. The van der Waals surface area contributed by atoms with Crippen molar-refractivity contribution >= 4 is 32.8 Å². The normalized spacial score (nSPS) is 11.0. The molecule has 0 saturated heterocycles. The Kier molecular flexibility index (Phi) is 3.51. The Morgan fingerprint density at radius 1 is 1.19 bits per heavy atom. The van der Waals surface area contributed by atoms with E-state index in [2.05, 4.69) is 15.9 Å². The molecule has 0 atom stereocenters. The lowest BCUT2D eigenvalue weighted by Crippen LogP contribution is -2.09. The quantitative estimate of drug-likeness (QED) is 0.767. The Labute approximate surface area is 128 Å². The van der Waals surface area contributed by atoms with E-state index in [-0.39, 0.29) is 18.1 Å². The lowest BCUT2D eigenvalue weighted by atomic mass is 10.2. The van der Waals surface area contributed by atoms with E-state index in [1.807, 2.05) is 24.3 Å². The van der Waals surface area contributed by atoms with E-state index in [1.165, 1.54) is 12.1 Å².